The fraction of sp³-hybridized carbons (Fsp3) is 0.545. The molecule has 102 valence electrons. The first-order valence-electron chi connectivity index (χ1n) is 5.93. The zero-order valence-electron chi connectivity index (χ0n) is 10.2. The fourth-order valence-electron chi connectivity index (χ4n) is 2.02. The molecule has 2 heterocycles. The summed E-state index contributed by atoms with van der Waals surface area (Å²) < 4.78 is 0. The summed E-state index contributed by atoms with van der Waals surface area (Å²) in [5, 5.41) is 17.6. The van der Waals surface area contributed by atoms with Crippen molar-refractivity contribution in [2.45, 2.75) is 19.3 Å². The topological polar surface area (TPSA) is 117 Å². The van der Waals surface area contributed by atoms with Crippen LogP contribution in [0.4, 0.5) is 5.95 Å². The lowest BCUT2D eigenvalue weighted by Gasteiger charge is -2.29. The van der Waals surface area contributed by atoms with E-state index < -0.39 is 11.9 Å². The van der Waals surface area contributed by atoms with Gasteiger partial charge >= 0.3 is 11.9 Å². The van der Waals surface area contributed by atoms with Gasteiger partial charge in [0, 0.05) is 13.1 Å². The van der Waals surface area contributed by atoms with Gasteiger partial charge in [0.1, 0.15) is 18.6 Å². The van der Waals surface area contributed by atoms with Gasteiger partial charge in [0.15, 0.2) is 0 Å². The maximum absolute atomic E-state index is 10.8. The third-order valence-corrected chi connectivity index (χ3v) is 3.05. The van der Waals surface area contributed by atoms with Gasteiger partial charge in [0.2, 0.25) is 5.95 Å². The van der Waals surface area contributed by atoms with Crippen molar-refractivity contribution in [3.05, 3.63) is 12.2 Å². The van der Waals surface area contributed by atoms with Crippen molar-refractivity contribution < 1.29 is 19.8 Å². The predicted octanol–water partition coefficient (Wildman–Crippen LogP) is -0.200. The molecule has 0 saturated carbocycles. The summed E-state index contributed by atoms with van der Waals surface area (Å²) in [4.78, 5) is 35.2. The first-order valence-corrected chi connectivity index (χ1v) is 5.93. The molecule has 8 nitrogen and oxygen atoms in total. The Morgan fingerprint density at radius 1 is 1.26 bits per heavy atom. The molecule has 0 aliphatic carbocycles. The number of hydrogen-bond acceptors (Lipinski definition) is 6. The monoisotopic (exact) mass is 266 g/mol. The van der Waals surface area contributed by atoms with E-state index in [4.69, 9.17) is 10.2 Å². The molecule has 1 aromatic rings. The Labute approximate surface area is 109 Å². The molecular formula is C11H14N4O4. The van der Waals surface area contributed by atoms with Gasteiger partial charge in [0.05, 0.1) is 5.92 Å². The lowest BCUT2D eigenvalue weighted by Crippen LogP contribution is -2.37. The Kier molecular flexibility index (Phi) is 3.88. The van der Waals surface area contributed by atoms with Gasteiger partial charge in [-0.1, -0.05) is 0 Å². The maximum Gasteiger partial charge on any atom is 0.311 e. The highest BCUT2D eigenvalue weighted by Crippen LogP contribution is 2.20. The van der Waals surface area contributed by atoms with E-state index >= 15 is 0 Å². The van der Waals surface area contributed by atoms with Crippen LogP contribution < -0.4 is 4.90 Å². The number of rotatable bonds is 4. The van der Waals surface area contributed by atoms with Crippen LogP contribution in [0.1, 0.15) is 18.7 Å². The highest BCUT2D eigenvalue weighted by Gasteiger charge is 2.25. The summed E-state index contributed by atoms with van der Waals surface area (Å²) in [5.74, 6) is -1.48. The Balaban J connectivity index is 2.03. The van der Waals surface area contributed by atoms with Gasteiger partial charge in [-0.25, -0.2) is 9.97 Å². The summed E-state index contributed by atoms with van der Waals surface area (Å²) in [5.41, 5.74) is 0. The molecule has 0 bridgehead atoms. The van der Waals surface area contributed by atoms with Crippen LogP contribution in [0.25, 0.3) is 0 Å². The molecule has 19 heavy (non-hydrogen) atoms. The second-order valence-electron chi connectivity index (χ2n) is 4.37. The molecule has 1 aliphatic rings. The molecule has 0 amide bonds. The van der Waals surface area contributed by atoms with Crippen molar-refractivity contribution in [2.24, 2.45) is 5.92 Å². The molecule has 0 unspecified atom stereocenters. The van der Waals surface area contributed by atoms with E-state index in [1.807, 2.05) is 4.90 Å². The molecule has 8 heteroatoms. The molecule has 1 aliphatic heterocycles. The zero-order valence-corrected chi connectivity index (χ0v) is 10.2. The SMILES string of the molecule is O=C(O)Cc1ncnc(N2CCC(C(=O)O)CC2)n1. The quantitative estimate of drug-likeness (QED) is 0.769. The van der Waals surface area contributed by atoms with Gasteiger partial charge in [-0.2, -0.15) is 4.98 Å². The van der Waals surface area contributed by atoms with E-state index in [-0.39, 0.29) is 18.2 Å². The van der Waals surface area contributed by atoms with E-state index in [0.717, 1.165) is 0 Å². The standard InChI is InChI=1S/C11H14N4O4/c16-9(17)5-8-12-6-13-11(14-8)15-3-1-7(2-4-15)10(18)19/h6-7H,1-5H2,(H,16,17)(H,18,19). The normalized spacial score (nSPS) is 16.3. The summed E-state index contributed by atoms with van der Waals surface area (Å²) >= 11 is 0. The van der Waals surface area contributed by atoms with Crippen LogP contribution in [0, 0.1) is 5.92 Å². The smallest absolute Gasteiger partial charge is 0.311 e. The van der Waals surface area contributed by atoms with Crippen LogP contribution >= 0.6 is 0 Å². The molecule has 0 aromatic carbocycles. The van der Waals surface area contributed by atoms with Crippen LogP contribution in [-0.4, -0.2) is 50.2 Å². The lowest BCUT2D eigenvalue weighted by atomic mass is 9.97. The molecule has 0 atom stereocenters. The molecule has 2 rings (SSSR count). The van der Waals surface area contributed by atoms with E-state index in [0.29, 0.717) is 31.9 Å². The van der Waals surface area contributed by atoms with Gasteiger partial charge in [0.25, 0.3) is 0 Å². The first-order chi connectivity index (χ1) is 9.06. The van der Waals surface area contributed by atoms with Crippen LogP contribution in [0.3, 0.4) is 0 Å². The minimum atomic E-state index is -0.998. The van der Waals surface area contributed by atoms with Crippen molar-refractivity contribution in [1.82, 2.24) is 15.0 Å². The van der Waals surface area contributed by atoms with Crippen molar-refractivity contribution >= 4 is 17.9 Å². The molecule has 0 spiro atoms. The first kappa shape index (κ1) is 13.2. The molecule has 2 N–H and O–H groups in total. The second kappa shape index (κ2) is 5.59. The van der Waals surface area contributed by atoms with Crippen LogP contribution in [-0.2, 0) is 16.0 Å². The van der Waals surface area contributed by atoms with E-state index in [1.165, 1.54) is 6.33 Å². The van der Waals surface area contributed by atoms with E-state index in [2.05, 4.69) is 15.0 Å². The van der Waals surface area contributed by atoms with Crippen molar-refractivity contribution in [2.75, 3.05) is 18.0 Å². The number of carboxylic acid groups (broad SMARTS) is 2. The highest BCUT2D eigenvalue weighted by molar-refractivity contribution is 5.70. The summed E-state index contributed by atoms with van der Waals surface area (Å²) in [6.45, 7) is 1.10. The number of carbonyl (C=O) groups is 2. The van der Waals surface area contributed by atoms with Crippen molar-refractivity contribution in [3.8, 4) is 0 Å². The Morgan fingerprint density at radius 3 is 2.53 bits per heavy atom. The number of carboxylic acids is 2. The van der Waals surface area contributed by atoms with Crippen LogP contribution in [0.15, 0.2) is 6.33 Å². The largest absolute Gasteiger partial charge is 0.481 e. The summed E-state index contributed by atoms with van der Waals surface area (Å²) in [6, 6.07) is 0. The third kappa shape index (κ3) is 3.36. The Morgan fingerprint density at radius 2 is 1.95 bits per heavy atom. The summed E-state index contributed by atoms with van der Waals surface area (Å²) in [7, 11) is 0. The molecule has 1 aromatic heterocycles. The Bertz CT molecular complexity index is 485. The van der Waals surface area contributed by atoms with Crippen LogP contribution in [0.2, 0.25) is 0 Å². The predicted molar refractivity (Wildman–Crippen MR) is 63.7 cm³/mol. The molecular weight excluding hydrogens is 252 g/mol. The highest BCUT2D eigenvalue weighted by atomic mass is 16.4. The molecule has 1 fully saturated rings. The van der Waals surface area contributed by atoms with Crippen molar-refractivity contribution in [3.63, 3.8) is 0 Å². The third-order valence-electron chi connectivity index (χ3n) is 3.05. The molecule has 0 radical (unpaired) electrons. The second-order valence-corrected chi connectivity index (χ2v) is 4.37. The minimum Gasteiger partial charge on any atom is -0.481 e. The zero-order chi connectivity index (χ0) is 13.8. The number of hydrogen-bond donors (Lipinski definition) is 2. The summed E-state index contributed by atoms with van der Waals surface area (Å²) in [6.07, 6.45) is 2.11. The number of piperidine rings is 1. The van der Waals surface area contributed by atoms with Gasteiger partial charge in [-0.3, -0.25) is 9.59 Å². The van der Waals surface area contributed by atoms with Crippen molar-refractivity contribution in [1.29, 1.82) is 0 Å². The lowest BCUT2D eigenvalue weighted by molar-refractivity contribution is -0.142. The fourth-order valence-corrected chi connectivity index (χ4v) is 2.02. The number of anilines is 1. The van der Waals surface area contributed by atoms with Gasteiger partial charge in [-0.05, 0) is 12.8 Å². The van der Waals surface area contributed by atoms with Crippen LogP contribution in [0.5, 0.6) is 0 Å². The van der Waals surface area contributed by atoms with E-state index in [1.54, 1.807) is 0 Å². The Hall–Kier alpha value is -2.25. The average molecular weight is 266 g/mol. The molecule has 1 saturated heterocycles. The van der Waals surface area contributed by atoms with Gasteiger partial charge < -0.3 is 15.1 Å². The number of aromatic nitrogens is 3. The number of aliphatic carboxylic acids is 2. The maximum atomic E-state index is 10.8. The van der Waals surface area contributed by atoms with Gasteiger partial charge in [-0.15, -0.1) is 0 Å². The van der Waals surface area contributed by atoms with E-state index in [9.17, 15) is 9.59 Å². The number of nitrogens with zero attached hydrogens (tertiary/aromatic N) is 4. The average Bonchev–Trinajstić information content (AvgIpc) is 2.38. The minimum absolute atomic E-state index is 0.206.